The molecular weight excluding hydrogens is 360 g/mol. The molecule has 4 heterocycles. The Balaban J connectivity index is 1.34. The zero-order valence-corrected chi connectivity index (χ0v) is 14.9. The molecule has 1 aromatic carbocycles. The van der Waals surface area contributed by atoms with Gasteiger partial charge in [-0.25, -0.2) is 4.79 Å². The average Bonchev–Trinajstić information content (AvgIpc) is 3.21. The van der Waals surface area contributed by atoms with Gasteiger partial charge in [-0.05, 0) is 24.3 Å². The van der Waals surface area contributed by atoms with Crippen LogP contribution in [0.4, 0.5) is 5.82 Å². The first kappa shape index (κ1) is 16.4. The Hall–Kier alpha value is -3.75. The lowest BCUT2D eigenvalue weighted by Gasteiger charge is -2.35. The second kappa shape index (κ2) is 6.45. The van der Waals surface area contributed by atoms with Crippen molar-refractivity contribution in [3.63, 3.8) is 0 Å². The molecule has 0 spiro atoms. The van der Waals surface area contributed by atoms with Crippen molar-refractivity contribution in [3.8, 4) is 0 Å². The Bertz CT molecular complexity index is 1240. The van der Waals surface area contributed by atoms with Crippen molar-refractivity contribution in [2.24, 2.45) is 0 Å². The number of hydrogen-bond acceptors (Lipinski definition) is 7. The molecule has 9 heteroatoms. The van der Waals surface area contributed by atoms with Crippen LogP contribution in [0.3, 0.4) is 0 Å². The fraction of sp³-hybridized carbons (Fsp3) is 0.211. The number of benzene rings is 1. The number of fused-ring (bicyclic) bond motifs is 2. The smallest absolute Gasteiger partial charge is 0.349 e. The highest BCUT2D eigenvalue weighted by molar-refractivity contribution is 5.96. The third kappa shape index (κ3) is 2.77. The highest BCUT2D eigenvalue weighted by Crippen LogP contribution is 2.17. The Morgan fingerprint density at radius 1 is 1.04 bits per heavy atom. The van der Waals surface area contributed by atoms with Gasteiger partial charge in [0, 0.05) is 31.6 Å². The Morgan fingerprint density at radius 3 is 2.71 bits per heavy atom. The van der Waals surface area contributed by atoms with E-state index < -0.39 is 5.63 Å². The van der Waals surface area contributed by atoms with Gasteiger partial charge in [0.05, 0.1) is 0 Å². The van der Waals surface area contributed by atoms with Crippen LogP contribution in [0.2, 0.25) is 0 Å². The lowest BCUT2D eigenvalue weighted by atomic mass is 10.1. The summed E-state index contributed by atoms with van der Waals surface area (Å²) in [5, 5.41) is 13.0. The van der Waals surface area contributed by atoms with Crippen molar-refractivity contribution in [2.45, 2.75) is 0 Å². The number of rotatable bonds is 2. The van der Waals surface area contributed by atoms with E-state index in [0.717, 1.165) is 11.2 Å². The van der Waals surface area contributed by atoms with Crippen LogP contribution in [0.5, 0.6) is 0 Å². The molecule has 3 aromatic heterocycles. The number of para-hydroxylation sites is 1. The van der Waals surface area contributed by atoms with Crippen LogP contribution in [-0.4, -0.2) is 56.8 Å². The van der Waals surface area contributed by atoms with E-state index in [1.54, 1.807) is 33.9 Å². The summed E-state index contributed by atoms with van der Waals surface area (Å²) in [7, 11) is 0. The highest BCUT2D eigenvalue weighted by atomic mass is 16.4. The molecule has 4 aromatic rings. The molecule has 1 saturated heterocycles. The van der Waals surface area contributed by atoms with Crippen molar-refractivity contribution in [1.82, 2.24) is 24.7 Å². The first-order chi connectivity index (χ1) is 13.7. The normalized spacial score (nSPS) is 14.7. The van der Waals surface area contributed by atoms with E-state index in [9.17, 15) is 9.59 Å². The summed E-state index contributed by atoms with van der Waals surface area (Å²) in [4.78, 5) is 28.9. The van der Waals surface area contributed by atoms with Gasteiger partial charge in [-0.3, -0.25) is 4.79 Å². The zero-order chi connectivity index (χ0) is 19.1. The van der Waals surface area contributed by atoms with E-state index in [4.69, 9.17) is 4.42 Å². The van der Waals surface area contributed by atoms with Gasteiger partial charge in [0.1, 0.15) is 23.3 Å². The summed E-state index contributed by atoms with van der Waals surface area (Å²) in [5.74, 6) is 0.492. The minimum absolute atomic E-state index is 0.0659. The van der Waals surface area contributed by atoms with E-state index in [0.29, 0.717) is 37.4 Å². The molecule has 9 nitrogen and oxygen atoms in total. The summed E-state index contributed by atoms with van der Waals surface area (Å²) in [6, 6.07) is 12.5. The van der Waals surface area contributed by atoms with Gasteiger partial charge in [0.15, 0.2) is 5.65 Å². The van der Waals surface area contributed by atoms with Crippen molar-refractivity contribution in [2.75, 3.05) is 31.1 Å². The van der Waals surface area contributed by atoms with Crippen LogP contribution in [0.15, 0.2) is 58.0 Å². The fourth-order valence-corrected chi connectivity index (χ4v) is 3.41. The maximum atomic E-state index is 12.9. The third-order valence-corrected chi connectivity index (χ3v) is 4.91. The van der Waals surface area contributed by atoms with E-state index in [1.807, 2.05) is 24.3 Å². The largest absolute Gasteiger partial charge is 0.422 e. The van der Waals surface area contributed by atoms with Crippen LogP contribution in [0.1, 0.15) is 10.4 Å². The van der Waals surface area contributed by atoms with Crippen LogP contribution < -0.4 is 10.5 Å². The monoisotopic (exact) mass is 376 g/mol. The summed E-state index contributed by atoms with van der Waals surface area (Å²) in [6.07, 6.45) is 1.55. The minimum Gasteiger partial charge on any atom is -0.422 e. The van der Waals surface area contributed by atoms with E-state index in [2.05, 4.69) is 20.2 Å². The molecule has 1 fully saturated rings. The Labute approximate surface area is 158 Å². The first-order valence-electron chi connectivity index (χ1n) is 8.93. The predicted octanol–water partition coefficient (Wildman–Crippen LogP) is 1.19. The summed E-state index contributed by atoms with van der Waals surface area (Å²) in [6.45, 7) is 2.22. The molecule has 0 aliphatic carbocycles. The molecular formula is C19H16N6O3. The van der Waals surface area contributed by atoms with Crippen LogP contribution in [0, 0.1) is 0 Å². The first-order valence-corrected chi connectivity index (χ1v) is 8.93. The molecule has 28 heavy (non-hydrogen) atoms. The number of hydrogen-bond donors (Lipinski definition) is 0. The van der Waals surface area contributed by atoms with E-state index in [1.165, 1.54) is 0 Å². The summed E-state index contributed by atoms with van der Waals surface area (Å²) < 4.78 is 6.91. The number of amides is 1. The molecule has 0 atom stereocenters. The lowest BCUT2D eigenvalue weighted by Crippen LogP contribution is -2.49. The molecule has 1 amide bonds. The van der Waals surface area contributed by atoms with Crippen molar-refractivity contribution < 1.29 is 9.21 Å². The second-order valence-corrected chi connectivity index (χ2v) is 6.59. The molecule has 0 bridgehead atoms. The molecule has 0 radical (unpaired) electrons. The Kier molecular flexibility index (Phi) is 3.78. The molecule has 0 saturated carbocycles. The van der Waals surface area contributed by atoms with Gasteiger partial charge < -0.3 is 14.2 Å². The summed E-state index contributed by atoms with van der Waals surface area (Å²) >= 11 is 0. The van der Waals surface area contributed by atoms with Crippen molar-refractivity contribution in [1.29, 1.82) is 0 Å². The maximum absolute atomic E-state index is 12.9. The van der Waals surface area contributed by atoms with Gasteiger partial charge in [-0.15, -0.1) is 15.3 Å². The zero-order valence-electron chi connectivity index (χ0n) is 14.9. The lowest BCUT2D eigenvalue weighted by molar-refractivity contribution is 0.0742. The maximum Gasteiger partial charge on any atom is 0.349 e. The van der Waals surface area contributed by atoms with E-state index in [-0.39, 0.29) is 11.5 Å². The van der Waals surface area contributed by atoms with Gasteiger partial charge in [0.25, 0.3) is 5.91 Å². The second-order valence-electron chi connectivity index (χ2n) is 6.59. The number of nitrogens with zero attached hydrogens (tertiary/aromatic N) is 6. The van der Waals surface area contributed by atoms with Gasteiger partial charge in [0.2, 0.25) is 0 Å². The molecule has 1 aliphatic heterocycles. The minimum atomic E-state index is -0.606. The van der Waals surface area contributed by atoms with Gasteiger partial charge in [-0.2, -0.15) is 4.52 Å². The number of aromatic nitrogens is 4. The highest BCUT2D eigenvalue weighted by Gasteiger charge is 2.25. The SMILES string of the molecule is O=C(c1cc2ccccc2oc1=O)N1CCN(c2ccc3nncn3n2)CC1. The summed E-state index contributed by atoms with van der Waals surface area (Å²) in [5.41, 5.74) is 0.618. The number of carbonyl (C=O) groups is 1. The quantitative estimate of drug-likeness (QED) is 0.485. The number of anilines is 1. The molecule has 140 valence electrons. The van der Waals surface area contributed by atoms with Gasteiger partial charge >= 0.3 is 5.63 Å². The molecule has 5 rings (SSSR count). The molecule has 0 unspecified atom stereocenters. The van der Waals surface area contributed by atoms with Crippen LogP contribution >= 0.6 is 0 Å². The third-order valence-electron chi connectivity index (χ3n) is 4.91. The number of carbonyl (C=O) groups excluding carboxylic acids is 1. The Morgan fingerprint density at radius 2 is 1.86 bits per heavy atom. The van der Waals surface area contributed by atoms with Crippen molar-refractivity contribution >= 4 is 28.3 Å². The topological polar surface area (TPSA) is 96.8 Å². The fourth-order valence-electron chi connectivity index (χ4n) is 3.41. The molecule has 0 N–H and O–H groups in total. The van der Waals surface area contributed by atoms with Crippen LogP contribution in [0.25, 0.3) is 16.6 Å². The van der Waals surface area contributed by atoms with Crippen LogP contribution in [-0.2, 0) is 0 Å². The number of piperazine rings is 1. The van der Waals surface area contributed by atoms with E-state index >= 15 is 0 Å². The molecule has 1 aliphatic rings. The van der Waals surface area contributed by atoms with Crippen molar-refractivity contribution in [3.05, 3.63) is 64.8 Å². The average molecular weight is 376 g/mol. The standard InChI is InChI=1S/C19H16N6O3/c26-18(14-11-13-3-1-2-4-15(13)28-19(14)27)24-9-7-23(8-10-24)17-6-5-16-21-20-12-25(16)22-17/h1-6,11-12H,7-10H2. The van der Waals surface area contributed by atoms with Gasteiger partial charge in [-0.1, -0.05) is 18.2 Å². The predicted molar refractivity (Wildman–Crippen MR) is 101 cm³/mol.